The van der Waals surface area contributed by atoms with Crippen molar-refractivity contribution in [2.24, 2.45) is 13.0 Å². The number of aliphatic hydroxyl groups is 1. The van der Waals surface area contributed by atoms with E-state index in [0.717, 1.165) is 26.9 Å². The summed E-state index contributed by atoms with van der Waals surface area (Å²) in [6.45, 7) is 1.20. The molecule has 1 N–H and O–H groups in total. The Morgan fingerprint density at radius 1 is 1.30 bits per heavy atom. The summed E-state index contributed by atoms with van der Waals surface area (Å²) < 4.78 is 15.7. The van der Waals surface area contributed by atoms with Crippen LogP contribution in [0.5, 0.6) is 0 Å². The molecule has 1 atom stereocenters. The van der Waals surface area contributed by atoms with Crippen molar-refractivity contribution in [3.8, 4) is 11.3 Å². The molecule has 4 aromatic heterocycles. The Balaban J connectivity index is 1.52. The van der Waals surface area contributed by atoms with Crippen LogP contribution in [0.3, 0.4) is 0 Å². The number of rotatable bonds is 3. The number of fused-ring (bicyclic) bond motifs is 2. The van der Waals surface area contributed by atoms with Gasteiger partial charge in [-0.15, -0.1) is 11.3 Å². The third kappa shape index (κ3) is 3.12. The zero-order chi connectivity index (χ0) is 19.3. The van der Waals surface area contributed by atoms with Crippen LogP contribution in [0.2, 0.25) is 0 Å². The lowest BCUT2D eigenvalue weighted by Gasteiger charge is -2.25. The maximum absolute atomic E-state index is 10.9. The van der Waals surface area contributed by atoms with Crippen molar-refractivity contribution in [2.45, 2.75) is 18.9 Å². The van der Waals surface area contributed by atoms with Crippen molar-refractivity contribution in [3.05, 3.63) is 41.5 Å². The Hall–Kier alpha value is -2.35. The monoisotopic (exact) mass is 381 g/mol. The Labute approximate surface area is 161 Å². The first-order valence-corrected chi connectivity index (χ1v) is 9.83. The molecular formula is C20H20N4O2S. The van der Waals surface area contributed by atoms with E-state index in [9.17, 15) is 5.11 Å². The van der Waals surface area contributed by atoms with Crippen molar-refractivity contribution in [1.82, 2.24) is 19.7 Å². The SMILES string of the molecule is [2H][C@](O)(c1cc2ccc(-c3cnc4nn(C)cc4c3)nc2s1)C1CCOCC1. The van der Waals surface area contributed by atoms with Crippen molar-refractivity contribution < 1.29 is 11.2 Å². The van der Waals surface area contributed by atoms with Gasteiger partial charge >= 0.3 is 0 Å². The predicted molar refractivity (Wildman–Crippen MR) is 106 cm³/mol. The summed E-state index contributed by atoms with van der Waals surface area (Å²) in [6.07, 6.45) is 3.50. The minimum Gasteiger partial charge on any atom is -0.387 e. The molecule has 0 bridgehead atoms. The number of hydrogen-bond acceptors (Lipinski definition) is 6. The van der Waals surface area contributed by atoms with Gasteiger partial charge in [0, 0.05) is 53.9 Å². The van der Waals surface area contributed by atoms with Gasteiger partial charge in [0.15, 0.2) is 5.65 Å². The number of nitrogens with zero attached hydrogens (tertiary/aromatic N) is 4. The number of hydrogen-bond donors (Lipinski definition) is 1. The van der Waals surface area contributed by atoms with Gasteiger partial charge in [-0.2, -0.15) is 5.10 Å². The van der Waals surface area contributed by atoms with Crippen LogP contribution in [0.25, 0.3) is 32.5 Å². The van der Waals surface area contributed by atoms with Crippen LogP contribution >= 0.6 is 11.3 Å². The highest BCUT2D eigenvalue weighted by molar-refractivity contribution is 7.18. The van der Waals surface area contributed by atoms with Crippen LogP contribution in [-0.4, -0.2) is 38.1 Å². The molecule has 0 radical (unpaired) electrons. The summed E-state index contributed by atoms with van der Waals surface area (Å²) in [6, 6.07) is 7.86. The molecule has 6 nitrogen and oxygen atoms in total. The molecule has 1 aliphatic heterocycles. The van der Waals surface area contributed by atoms with E-state index in [4.69, 9.17) is 11.1 Å². The molecule has 7 heteroatoms. The molecule has 27 heavy (non-hydrogen) atoms. The smallest absolute Gasteiger partial charge is 0.181 e. The van der Waals surface area contributed by atoms with Crippen molar-refractivity contribution >= 4 is 32.6 Å². The van der Waals surface area contributed by atoms with Gasteiger partial charge in [-0.05, 0) is 43.0 Å². The maximum atomic E-state index is 10.9. The summed E-state index contributed by atoms with van der Waals surface area (Å²) >= 11 is 1.39. The molecule has 1 aliphatic rings. The molecule has 0 amide bonds. The van der Waals surface area contributed by atoms with Crippen LogP contribution in [0.15, 0.2) is 36.7 Å². The average molecular weight is 381 g/mol. The number of aryl methyl sites for hydroxylation is 1. The second-order valence-corrected chi connectivity index (χ2v) is 7.94. The van der Waals surface area contributed by atoms with E-state index in [1.807, 2.05) is 37.5 Å². The third-order valence-corrected chi connectivity index (χ3v) is 6.08. The summed E-state index contributed by atoms with van der Waals surface area (Å²) in [5.74, 6) is -0.119. The predicted octanol–water partition coefficient (Wildman–Crippen LogP) is 3.71. The Bertz CT molecular complexity index is 1160. The number of ether oxygens (including phenoxy) is 1. The van der Waals surface area contributed by atoms with E-state index >= 15 is 0 Å². The van der Waals surface area contributed by atoms with E-state index in [1.54, 1.807) is 10.9 Å². The van der Waals surface area contributed by atoms with E-state index in [0.29, 0.717) is 36.6 Å². The number of pyridine rings is 2. The topological polar surface area (TPSA) is 73.1 Å². The van der Waals surface area contributed by atoms with Crippen LogP contribution in [0.4, 0.5) is 0 Å². The standard InChI is InChI=1S/C20H20N4O2S/c1-24-11-15-8-14(10-21-19(15)23-24)16-3-2-13-9-17(27-20(13)22-16)18(25)12-4-6-26-7-5-12/h2-3,8-12,18,25H,4-7H2,1H3/t18-/m1/s1/i18D. The lowest BCUT2D eigenvalue weighted by atomic mass is 9.93. The van der Waals surface area contributed by atoms with Gasteiger partial charge in [0.2, 0.25) is 0 Å². The molecule has 138 valence electrons. The van der Waals surface area contributed by atoms with E-state index in [2.05, 4.69) is 10.1 Å². The van der Waals surface area contributed by atoms with Crippen LogP contribution < -0.4 is 0 Å². The first-order chi connectivity index (χ1) is 13.5. The maximum Gasteiger partial charge on any atom is 0.181 e. The molecule has 0 saturated carbocycles. The average Bonchev–Trinajstić information content (AvgIpc) is 3.30. The van der Waals surface area contributed by atoms with Crippen LogP contribution in [0, 0.1) is 5.92 Å². The highest BCUT2D eigenvalue weighted by Crippen LogP contribution is 2.37. The van der Waals surface area contributed by atoms with Gasteiger partial charge in [0.1, 0.15) is 4.83 Å². The fourth-order valence-electron chi connectivity index (χ4n) is 3.55. The molecule has 0 aromatic carbocycles. The second-order valence-electron chi connectivity index (χ2n) is 6.91. The molecule has 4 aromatic rings. The van der Waals surface area contributed by atoms with Crippen molar-refractivity contribution in [1.29, 1.82) is 0 Å². The van der Waals surface area contributed by atoms with Crippen LogP contribution in [0.1, 0.15) is 25.2 Å². The largest absolute Gasteiger partial charge is 0.387 e. The van der Waals surface area contributed by atoms with Gasteiger partial charge in [-0.25, -0.2) is 9.97 Å². The van der Waals surface area contributed by atoms with Gasteiger partial charge in [-0.1, -0.05) is 0 Å². The molecule has 0 spiro atoms. The molecule has 5 rings (SSSR count). The van der Waals surface area contributed by atoms with Crippen LogP contribution in [-0.2, 0) is 11.8 Å². The Kier molecular flexibility index (Phi) is 3.87. The zero-order valence-electron chi connectivity index (χ0n) is 15.9. The molecule has 0 unspecified atom stereocenters. The highest BCUT2D eigenvalue weighted by atomic mass is 32.1. The number of aromatic nitrogens is 4. The Morgan fingerprint density at radius 3 is 3.00 bits per heavy atom. The highest BCUT2D eigenvalue weighted by Gasteiger charge is 2.25. The molecule has 1 saturated heterocycles. The molecule has 1 fully saturated rings. The Morgan fingerprint density at radius 2 is 2.15 bits per heavy atom. The van der Waals surface area contributed by atoms with E-state index < -0.39 is 6.08 Å². The first kappa shape index (κ1) is 15.7. The quantitative estimate of drug-likeness (QED) is 0.586. The fourth-order valence-corrected chi connectivity index (χ4v) is 4.60. The van der Waals surface area contributed by atoms with Gasteiger partial charge in [0.25, 0.3) is 0 Å². The lowest BCUT2D eigenvalue weighted by molar-refractivity contribution is 0.00856. The number of thiophene rings is 1. The summed E-state index contributed by atoms with van der Waals surface area (Å²) in [7, 11) is 1.87. The molecule has 0 aliphatic carbocycles. The normalized spacial score (nSPS) is 18.7. The van der Waals surface area contributed by atoms with Gasteiger partial charge in [0.05, 0.1) is 13.1 Å². The first-order valence-electron chi connectivity index (χ1n) is 9.52. The second kappa shape index (κ2) is 6.67. The molecular weight excluding hydrogens is 360 g/mol. The third-order valence-electron chi connectivity index (χ3n) is 5.01. The van der Waals surface area contributed by atoms with Crippen molar-refractivity contribution in [2.75, 3.05) is 13.2 Å². The summed E-state index contributed by atoms with van der Waals surface area (Å²) in [5, 5.41) is 17.1. The zero-order valence-corrected chi connectivity index (χ0v) is 15.7. The fraction of sp³-hybridized carbons (Fsp3) is 0.350. The van der Waals surface area contributed by atoms with Gasteiger partial charge in [-0.3, -0.25) is 4.68 Å². The minimum absolute atomic E-state index is 0.119. The summed E-state index contributed by atoms with van der Waals surface area (Å²) in [5.41, 5.74) is 2.45. The molecule has 5 heterocycles. The van der Waals surface area contributed by atoms with Crippen molar-refractivity contribution in [3.63, 3.8) is 0 Å². The minimum atomic E-state index is -1.61. The van der Waals surface area contributed by atoms with E-state index in [1.165, 1.54) is 11.3 Å². The lowest BCUT2D eigenvalue weighted by Crippen LogP contribution is -2.21. The summed E-state index contributed by atoms with van der Waals surface area (Å²) in [4.78, 5) is 10.6. The van der Waals surface area contributed by atoms with Gasteiger partial charge < -0.3 is 9.84 Å². The van der Waals surface area contributed by atoms with E-state index in [-0.39, 0.29) is 5.92 Å².